The molecule has 4 heteroatoms. The molecule has 2 aliphatic rings. The van der Waals surface area contributed by atoms with E-state index in [-0.39, 0.29) is 11.8 Å². The van der Waals surface area contributed by atoms with Gasteiger partial charge in [-0.25, -0.2) is 0 Å². The van der Waals surface area contributed by atoms with Gasteiger partial charge in [0.05, 0.1) is 18.0 Å². The van der Waals surface area contributed by atoms with E-state index in [1.807, 2.05) is 11.9 Å². The summed E-state index contributed by atoms with van der Waals surface area (Å²) in [6, 6.07) is 2.53. The van der Waals surface area contributed by atoms with Crippen molar-refractivity contribution in [1.29, 1.82) is 5.26 Å². The molecule has 0 bridgehead atoms. The zero-order chi connectivity index (χ0) is 9.42. The molecular formula is C9H13N3O. The van der Waals surface area contributed by atoms with Crippen molar-refractivity contribution in [1.82, 2.24) is 9.80 Å². The maximum absolute atomic E-state index is 11.4. The highest BCUT2D eigenvalue weighted by Crippen LogP contribution is 2.23. The van der Waals surface area contributed by atoms with Crippen molar-refractivity contribution in [3.8, 4) is 6.07 Å². The molecule has 70 valence electrons. The Morgan fingerprint density at radius 2 is 2.15 bits per heavy atom. The topological polar surface area (TPSA) is 47.3 Å². The van der Waals surface area contributed by atoms with Crippen LogP contribution in [0.15, 0.2) is 0 Å². The van der Waals surface area contributed by atoms with Crippen LogP contribution in [0.2, 0.25) is 0 Å². The number of likely N-dealkylation sites (tertiary alicyclic amines) is 2. The van der Waals surface area contributed by atoms with Crippen LogP contribution in [0.1, 0.15) is 6.42 Å². The molecule has 0 spiro atoms. The molecule has 0 N–H and O–H groups in total. The van der Waals surface area contributed by atoms with E-state index < -0.39 is 0 Å². The molecule has 0 aromatic carbocycles. The number of hydrogen-bond acceptors (Lipinski definition) is 3. The standard InChI is InChI=1S/C9H13N3O/c1-11-5-8(6-11)12-4-7(3-10)2-9(12)13/h7-8H,2,4-6H2,1H3. The second kappa shape index (κ2) is 3.00. The van der Waals surface area contributed by atoms with E-state index in [0.717, 1.165) is 13.1 Å². The van der Waals surface area contributed by atoms with Crippen molar-refractivity contribution in [2.24, 2.45) is 5.92 Å². The first-order valence-corrected chi connectivity index (χ1v) is 4.58. The summed E-state index contributed by atoms with van der Waals surface area (Å²) in [5, 5.41) is 8.69. The molecule has 0 saturated carbocycles. The van der Waals surface area contributed by atoms with Gasteiger partial charge in [-0.2, -0.15) is 5.26 Å². The average molecular weight is 179 g/mol. The normalized spacial score (nSPS) is 30.3. The Morgan fingerprint density at radius 3 is 2.62 bits per heavy atom. The molecule has 13 heavy (non-hydrogen) atoms. The van der Waals surface area contributed by atoms with E-state index in [1.165, 1.54) is 0 Å². The number of likely N-dealkylation sites (N-methyl/N-ethyl adjacent to an activating group) is 1. The van der Waals surface area contributed by atoms with Crippen molar-refractivity contribution in [3.63, 3.8) is 0 Å². The average Bonchev–Trinajstić information content (AvgIpc) is 2.41. The van der Waals surface area contributed by atoms with Gasteiger partial charge in [-0.05, 0) is 7.05 Å². The number of nitrogens with zero attached hydrogens (tertiary/aromatic N) is 3. The van der Waals surface area contributed by atoms with E-state index in [9.17, 15) is 4.79 Å². The van der Waals surface area contributed by atoms with Gasteiger partial charge >= 0.3 is 0 Å². The summed E-state index contributed by atoms with van der Waals surface area (Å²) < 4.78 is 0. The number of rotatable bonds is 1. The van der Waals surface area contributed by atoms with E-state index in [4.69, 9.17) is 5.26 Å². The summed E-state index contributed by atoms with van der Waals surface area (Å²) in [7, 11) is 2.04. The van der Waals surface area contributed by atoms with Crippen LogP contribution in [0.5, 0.6) is 0 Å². The molecule has 0 aliphatic carbocycles. The van der Waals surface area contributed by atoms with Crippen LogP contribution in [0.4, 0.5) is 0 Å². The third kappa shape index (κ3) is 1.40. The lowest BCUT2D eigenvalue weighted by molar-refractivity contribution is -0.132. The van der Waals surface area contributed by atoms with Crippen molar-refractivity contribution >= 4 is 5.91 Å². The first-order valence-electron chi connectivity index (χ1n) is 4.58. The lowest BCUT2D eigenvalue weighted by Crippen LogP contribution is -2.58. The zero-order valence-electron chi connectivity index (χ0n) is 7.73. The number of amides is 1. The Labute approximate surface area is 77.7 Å². The second-order valence-corrected chi connectivity index (χ2v) is 3.95. The largest absolute Gasteiger partial charge is 0.336 e. The molecule has 2 aliphatic heterocycles. The highest BCUT2D eigenvalue weighted by atomic mass is 16.2. The van der Waals surface area contributed by atoms with Gasteiger partial charge in [0.2, 0.25) is 5.91 Å². The number of hydrogen-bond donors (Lipinski definition) is 0. The minimum Gasteiger partial charge on any atom is -0.336 e. The summed E-state index contributed by atoms with van der Waals surface area (Å²) in [5.41, 5.74) is 0. The summed E-state index contributed by atoms with van der Waals surface area (Å²) in [5.74, 6) is 0.0862. The first-order chi connectivity index (χ1) is 6.20. The van der Waals surface area contributed by atoms with Gasteiger partial charge in [-0.3, -0.25) is 4.79 Å². The zero-order valence-corrected chi connectivity index (χ0v) is 7.73. The molecule has 2 fully saturated rings. The number of carbonyl (C=O) groups is 1. The first kappa shape index (κ1) is 8.52. The van der Waals surface area contributed by atoms with E-state index in [1.54, 1.807) is 0 Å². The minimum absolute atomic E-state index is 0.0709. The van der Waals surface area contributed by atoms with Crippen molar-refractivity contribution < 1.29 is 4.79 Å². The lowest BCUT2D eigenvalue weighted by atomic mass is 10.1. The summed E-state index contributed by atoms with van der Waals surface area (Å²) in [4.78, 5) is 15.5. The predicted molar refractivity (Wildman–Crippen MR) is 46.7 cm³/mol. The predicted octanol–water partition coefficient (Wildman–Crippen LogP) is -0.328. The van der Waals surface area contributed by atoms with Crippen LogP contribution >= 0.6 is 0 Å². The van der Waals surface area contributed by atoms with Crippen molar-refractivity contribution in [2.75, 3.05) is 26.7 Å². The molecule has 1 amide bonds. The maximum Gasteiger partial charge on any atom is 0.224 e. The van der Waals surface area contributed by atoms with Gasteiger partial charge < -0.3 is 9.80 Å². The molecule has 2 saturated heterocycles. The van der Waals surface area contributed by atoms with Crippen molar-refractivity contribution in [2.45, 2.75) is 12.5 Å². The molecule has 0 aromatic rings. The number of carbonyl (C=O) groups excluding carboxylic acids is 1. The molecule has 2 heterocycles. The van der Waals surface area contributed by atoms with Crippen LogP contribution in [0.25, 0.3) is 0 Å². The Hall–Kier alpha value is -1.08. The molecular weight excluding hydrogens is 166 g/mol. The van der Waals surface area contributed by atoms with Gasteiger partial charge in [0.25, 0.3) is 0 Å². The smallest absolute Gasteiger partial charge is 0.224 e. The Bertz CT molecular complexity index is 265. The van der Waals surface area contributed by atoms with Gasteiger partial charge in [-0.1, -0.05) is 0 Å². The molecule has 4 nitrogen and oxygen atoms in total. The van der Waals surface area contributed by atoms with E-state index in [0.29, 0.717) is 19.0 Å². The van der Waals surface area contributed by atoms with Crippen molar-refractivity contribution in [3.05, 3.63) is 0 Å². The third-order valence-corrected chi connectivity index (χ3v) is 2.83. The van der Waals surface area contributed by atoms with Gasteiger partial charge in [0, 0.05) is 26.1 Å². The van der Waals surface area contributed by atoms with Crippen LogP contribution < -0.4 is 0 Å². The molecule has 2 rings (SSSR count). The fourth-order valence-electron chi connectivity index (χ4n) is 2.03. The van der Waals surface area contributed by atoms with Gasteiger partial charge in [0.1, 0.15) is 0 Å². The minimum atomic E-state index is -0.0709. The van der Waals surface area contributed by atoms with Gasteiger partial charge in [-0.15, -0.1) is 0 Å². The van der Waals surface area contributed by atoms with Crippen LogP contribution in [-0.4, -0.2) is 48.4 Å². The highest BCUT2D eigenvalue weighted by Gasteiger charge is 2.38. The Balaban J connectivity index is 1.95. The monoisotopic (exact) mass is 179 g/mol. The fourth-order valence-corrected chi connectivity index (χ4v) is 2.03. The van der Waals surface area contributed by atoms with E-state index in [2.05, 4.69) is 11.0 Å². The number of nitriles is 1. The Kier molecular flexibility index (Phi) is 1.97. The third-order valence-electron chi connectivity index (χ3n) is 2.83. The molecule has 1 atom stereocenters. The van der Waals surface area contributed by atoms with Crippen LogP contribution in [-0.2, 0) is 4.79 Å². The summed E-state index contributed by atoms with van der Waals surface area (Å²) in [6.07, 6.45) is 0.427. The molecule has 1 unspecified atom stereocenters. The quantitative estimate of drug-likeness (QED) is 0.554. The summed E-state index contributed by atoms with van der Waals surface area (Å²) in [6.45, 7) is 2.57. The van der Waals surface area contributed by atoms with E-state index >= 15 is 0 Å². The van der Waals surface area contributed by atoms with Crippen LogP contribution in [0, 0.1) is 17.2 Å². The summed E-state index contributed by atoms with van der Waals surface area (Å²) >= 11 is 0. The second-order valence-electron chi connectivity index (χ2n) is 3.95. The highest BCUT2D eigenvalue weighted by molar-refractivity contribution is 5.79. The molecule has 0 aromatic heterocycles. The lowest BCUT2D eigenvalue weighted by Gasteiger charge is -2.41. The fraction of sp³-hybridized carbons (Fsp3) is 0.778. The van der Waals surface area contributed by atoms with Gasteiger partial charge in [0.15, 0.2) is 0 Å². The SMILES string of the molecule is CN1CC(N2CC(C#N)CC2=O)C1. The Morgan fingerprint density at radius 1 is 1.46 bits per heavy atom. The molecule has 0 radical (unpaired) electrons. The maximum atomic E-state index is 11.4. The van der Waals surface area contributed by atoms with Crippen LogP contribution in [0.3, 0.4) is 0 Å².